The van der Waals surface area contributed by atoms with Crippen LogP contribution < -0.4 is 0 Å². The van der Waals surface area contributed by atoms with Crippen molar-refractivity contribution in [2.75, 3.05) is 6.61 Å². The number of unbranched alkanes of at least 4 members (excludes halogenated alkanes) is 1. The third-order valence-corrected chi connectivity index (χ3v) is 3.15. The quantitative estimate of drug-likeness (QED) is 0.652. The Morgan fingerprint density at radius 2 is 1.90 bits per heavy atom. The minimum Gasteiger partial charge on any atom is -0.507 e. The van der Waals surface area contributed by atoms with Gasteiger partial charge < -0.3 is 14.9 Å². The second kappa shape index (κ2) is 6.26. The maximum Gasteiger partial charge on any atom is 0.339 e. The molecule has 0 fully saturated rings. The Hall–Kier alpha value is -2.56. The van der Waals surface area contributed by atoms with Gasteiger partial charge in [0, 0.05) is 0 Å². The number of carbonyl (C=O) groups excluding carboxylic acids is 1. The smallest absolute Gasteiger partial charge is 0.339 e. The standard InChI is InChI=1S/C16H16O5/c1-2-3-6-21-16(20)11-5-4-10-9-14(17)13(15(18)19)8-12(10)7-11/h4-5,7-9,17H,2-3,6H2,1H3,(H,18,19). The van der Waals surface area contributed by atoms with Crippen LogP contribution in [0.25, 0.3) is 10.8 Å². The Labute approximate surface area is 121 Å². The van der Waals surface area contributed by atoms with Gasteiger partial charge in [0.2, 0.25) is 0 Å². The first-order chi connectivity index (χ1) is 10.0. The Bertz CT molecular complexity index is 690. The summed E-state index contributed by atoms with van der Waals surface area (Å²) in [5.74, 6) is -1.95. The first-order valence-corrected chi connectivity index (χ1v) is 6.70. The van der Waals surface area contributed by atoms with Gasteiger partial charge in [0.1, 0.15) is 11.3 Å². The molecule has 0 bridgehead atoms. The molecule has 2 rings (SSSR count). The van der Waals surface area contributed by atoms with E-state index in [1.807, 2.05) is 6.92 Å². The van der Waals surface area contributed by atoms with Crippen molar-refractivity contribution < 1.29 is 24.5 Å². The number of fused-ring (bicyclic) bond motifs is 1. The minimum absolute atomic E-state index is 0.195. The van der Waals surface area contributed by atoms with Gasteiger partial charge in [-0.2, -0.15) is 0 Å². The summed E-state index contributed by atoms with van der Waals surface area (Å²) in [6, 6.07) is 7.52. The van der Waals surface area contributed by atoms with E-state index in [-0.39, 0.29) is 11.3 Å². The van der Waals surface area contributed by atoms with Crippen molar-refractivity contribution in [3.05, 3.63) is 41.5 Å². The second-order valence-corrected chi connectivity index (χ2v) is 4.73. The number of esters is 1. The van der Waals surface area contributed by atoms with Crippen LogP contribution in [-0.4, -0.2) is 28.8 Å². The van der Waals surface area contributed by atoms with Crippen LogP contribution in [0.3, 0.4) is 0 Å². The number of carbonyl (C=O) groups is 2. The molecule has 0 atom stereocenters. The van der Waals surface area contributed by atoms with Crippen LogP contribution >= 0.6 is 0 Å². The fourth-order valence-electron chi connectivity index (χ4n) is 1.98. The fraction of sp³-hybridized carbons (Fsp3) is 0.250. The molecular weight excluding hydrogens is 272 g/mol. The second-order valence-electron chi connectivity index (χ2n) is 4.73. The highest BCUT2D eigenvalue weighted by Crippen LogP contribution is 2.26. The SMILES string of the molecule is CCCCOC(=O)c1ccc2cc(O)c(C(=O)O)cc2c1. The van der Waals surface area contributed by atoms with Crippen LogP contribution in [0.15, 0.2) is 30.3 Å². The molecule has 0 aliphatic rings. The van der Waals surface area contributed by atoms with E-state index in [0.29, 0.717) is 22.9 Å². The van der Waals surface area contributed by atoms with Gasteiger partial charge in [-0.15, -0.1) is 0 Å². The Morgan fingerprint density at radius 1 is 1.14 bits per heavy atom. The predicted octanol–water partition coefficient (Wildman–Crippen LogP) is 3.20. The zero-order chi connectivity index (χ0) is 15.4. The summed E-state index contributed by atoms with van der Waals surface area (Å²) in [7, 11) is 0. The molecule has 0 saturated carbocycles. The lowest BCUT2D eigenvalue weighted by Crippen LogP contribution is -2.06. The predicted molar refractivity (Wildman–Crippen MR) is 77.8 cm³/mol. The number of aromatic hydroxyl groups is 1. The van der Waals surface area contributed by atoms with Crippen LogP contribution in [-0.2, 0) is 4.74 Å². The van der Waals surface area contributed by atoms with Gasteiger partial charge in [-0.05, 0) is 41.5 Å². The van der Waals surface area contributed by atoms with Crippen molar-refractivity contribution in [3.8, 4) is 5.75 Å². The average Bonchev–Trinajstić information content (AvgIpc) is 2.46. The number of carboxylic acid groups (broad SMARTS) is 1. The average molecular weight is 288 g/mol. The van der Waals surface area contributed by atoms with Crippen molar-refractivity contribution in [3.63, 3.8) is 0 Å². The van der Waals surface area contributed by atoms with Crippen LogP contribution in [0, 0.1) is 0 Å². The number of benzene rings is 2. The number of hydrogen-bond donors (Lipinski definition) is 2. The Kier molecular flexibility index (Phi) is 4.42. The maximum atomic E-state index is 11.9. The molecule has 0 unspecified atom stereocenters. The van der Waals surface area contributed by atoms with Crippen molar-refractivity contribution in [2.24, 2.45) is 0 Å². The molecule has 21 heavy (non-hydrogen) atoms. The number of aromatic carboxylic acids is 1. The first-order valence-electron chi connectivity index (χ1n) is 6.70. The fourth-order valence-corrected chi connectivity index (χ4v) is 1.98. The third-order valence-electron chi connectivity index (χ3n) is 3.15. The molecule has 2 aromatic rings. The van der Waals surface area contributed by atoms with Gasteiger partial charge in [0.25, 0.3) is 0 Å². The van der Waals surface area contributed by atoms with E-state index in [1.54, 1.807) is 18.2 Å². The summed E-state index contributed by atoms with van der Waals surface area (Å²) in [6.45, 7) is 2.37. The molecule has 0 spiro atoms. The molecule has 5 heteroatoms. The number of rotatable bonds is 5. The lowest BCUT2D eigenvalue weighted by atomic mass is 10.0. The first kappa shape index (κ1) is 14.8. The van der Waals surface area contributed by atoms with Crippen LogP contribution in [0.1, 0.15) is 40.5 Å². The van der Waals surface area contributed by atoms with Crippen molar-refractivity contribution >= 4 is 22.7 Å². The van der Waals surface area contributed by atoms with Crippen molar-refractivity contribution in [1.29, 1.82) is 0 Å². The van der Waals surface area contributed by atoms with Gasteiger partial charge in [0.05, 0.1) is 12.2 Å². The summed E-state index contributed by atoms with van der Waals surface area (Å²) >= 11 is 0. The number of phenols is 1. The lowest BCUT2D eigenvalue weighted by Gasteiger charge is -2.07. The highest BCUT2D eigenvalue weighted by Gasteiger charge is 2.13. The summed E-state index contributed by atoms with van der Waals surface area (Å²) in [5.41, 5.74) is 0.166. The largest absolute Gasteiger partial charge is 0.507 e. The van der Waals surface area contributed by atoms with Crippen molar-refractivity contribution in [2.45, 2.75) is 19.8 Å². The zero-order valence-electron chi connectivity index (χ0n) is 11.6. The molecule has 0 aromatic heterocycles. The number of hydrogen-bond acceptors (Lipinski definition) is 4. The molecule has 0 aliphatic carbocycles. The van der Waals surface area contributed by atoms with Crippen LogP contribution in [0.4, 0.5) is 0 Å². The molecule has 5 nitrogen and oxygen atoms in total. The third kappa shape index (κ3) is 3.31. The van der Waals surface area contributed by atoms with Crippen LogP contribution in [0.2, 0.25) is 0 Å². The molecule has 2 N–H and O–H groups in total. The molecule has 0 radical (unpaired) electrons. The minimum atomic E-state index is -1.22. The number of carboxylic acids is 1. The maximum absolute atomic E-state index is 11.9. The summed E-state index contributed by atoms with van der Waals surface area (Å²) < 4.78 is 5.11. The summed E-state index contributed by atoms with van der Waals surface area (Å²) in [6.07, 6.45) is 1.74. The highest BCUT2D eigenvalue weighted by molar-refractivity contribution is 6.00. The van der Waals surface area contributed by atoms with E-state index in [0.717, 1.165) is 12.8 Å². The molecule has 0 amide bonds. The molecular formula is C16H16O5. The van der Waals surface area contributed by atoms with Gasteiger partial charge >= 0.3 is 11.9 Å². The van der Waals surface area contributed by atoms with Crippen molar-refractivity contribution in [1.82, 2.24) is 0 Å². The number of ether oxygens (including phenoxy) is 1. The monoisotopic (exact) mass is 288 g/mol. The normalized spacial score (nSPS) is 10.5. The highest BCUT2D eigenvalue weighted by atomic mass is 16.5. The summed E-state index contributed by atoms with van der Waals surface area (Å²) in [4.78, 5) is 22.9. The summed E-state index contributed by atoms with van der Waals surface area (Å²) in [5, 5.41) is 19.8. The molecule has 0 heterocycles. The van der Waals surface area contributed by atoms with Gasteiger partial charge in [-0.3, -0.25) is 0 Å². The molecule has 110 valence electrons. The van der Waals surface area contributed by atoms with Crippen LogP contribution in [0.5, 0.6) is 5.75 Å². The van der Waals surface area contributed by atoms with E-state index in [2.05, 4.69) is 0 Å². The van der Waals surface area contributed by atoms with E-state index in [4.69, 9.17) is 9.84 Å². The van der Waals surface area contributed by atoms with E-state index in [1.165, 1.54) is 12.1 Å². The Balaban J connectivity index is 2.34. The van der Waals surface area contributed by atoms with Gasteiger partial charge in [0.15, 0.2) is 0 Å². The van der Waals surface area contributed by atoms with Gasteiger partial charge in [-0.25, -0.2) is 9.59 Å². The molecule has 0 aliphatic heterocycles. The molecule has 2 aromatic carbocycles. The Morgan fingerprint density at radius 3 is 2.57 bits per heavy atom. The zero-order valence-corrected chi connectivity index (χ0v) is 11.6. The van der Waals surface area contributed by atoms with Gasteiger partial charge in [-0.1, -0.05) is 19.4 Å². The van der Waals surface area contributed by atoms with E-state index < -0.39 is 11.9 Å². The topological polar surface area (TPSA) is 83.8 Å². The molecule has 0 saturated heterocycles. The lowest BCUT2D eigenvalue weighted by molar-refractivity contribution is 0.0499. The van der Waals surface area contributed by atoms with E-state index >= 15 is 0 Å². The van der Waals surface area contributed by atoms with E-state index in [9.17, 15) is 14.7 Å².